The molecule has 0 fully saturated rings. The molecule has 0 aromatic heterocycles. The molecule has 0 saturated heterocycles. The van der Waals surface area contributed by atoms with E-state index in [0.717, 1.165) is 0 Å². The summed E-state index contributed by atoms with van der Waals surface area (Å²) in [5, 5.41) is 5.39. The second kappa shape index (κ2) is 10.6. The van der Waals surface area contributed by atoms with Crippen LogP contribution in [0.3, 0.4) is 0 Å². The number of hydrogen-bond donors (Lipinski definition) is 2. The van der Waals surface area contributed by atoms with Crippen molar-refractivity contribution in [3.05, 3.63) is 83.9 Å². The Kier molecular flexibility index (Phi) is 7.42. The normalized spacial score (nSPS) is 10.1. The van der Waals surface area contributed by atoms with Gasteiger partial charge in [-0.15, -0.1) is 0 Å². The standard InChI is InChI=1S/C24H22N2O6/c1-30-20-9-5-3-7-18(20)24(29)32-15-22(27)25-17-13-11-16(12-14-17)23(28)26-19-8-4-6-10-21(19)31-2/h3-14H,15H2,1-2H3,(H,25,27)(H,26,28). The Morgan fingerprint density at radius 3 is 2.06 bits per heavy atom. The maximum Gasteiger partial charge on any atom is 0.342 e. The van der Waals surface area contributed by atoms with E-state index in [1.807, 2.05) is 0 Å². The summed E-state index contributed by atoms with van der Waals surface area (Å²) >= 11 is 0. The zero-order valence-corrected chi connectivity index (χ0v) is 17.6. The number of esters is 1. The first-order chi connectivity index (χ1) is 15.5. The van der Waals surface area contributed by atoms with E-state index in [-0.39, 0.29) is 11.5 Å². The van der Waals surface area contributed by atoms with Crippen LogP contribution in [0.2, 0.25) is 0 Å². The van der Waals surface area contributed by atoms with Gasteiger partial charge in [0.1, 0.15) is 17.1 Å². The van der Waals surface area contributed by atoms with Gasteiger partial charge in [-0.2, -0.15) is 0 Å². The Balaban J connectivity index is 1.54. The molecule has 3 aromatic rings. The van der Waals surface area contributed by atoms with Gasteiger partial charge in [-0.05, 0) is 48.5 Å². The number of carbonyl (C=O) groups excluding carboxylic acids is 3. The Bertz CT molecular complexity index is 1110. The van der Waals surface area contributed by atoms with Gasteiger partial charge in [0.2, 0.25) is 0 Å². The number of carbonyl (C=O) groups is 3. The van der Waals surface area contributed by atoms with E-state index in [1.165, 1.54) is 14.2 Å². The minimum Gasteiger partial charge on any atom is -0.496 e. The lowest BCUT2D eigenvalue weighted by atomic mass is 10.2. The fourth-order valence-electron chi connectivity index (χ4n) is 2.87. The molecule has 0 bridgehead atoms. The van der Waals surface area contributed by atoms with Gasteiger partial charge in [0.15, 0.2) is 6.61 Å². The van der Waals surface area contributed by atoms with E-state index in [0.29, 0.717) is 28.4 Å². The average Bonchev–Trinajstić information content (AvgIpc) is 2.83. The highest BCUT2D eigenvalue weighted by molar-refractivity contribution is 6.05. The maximum atomic E-state index is 12.5. The molecular formula is C24H22N2O6. The fraction of sp³-hybridized carbons (Fsp3) is 0.125. The molecule has 8 heteroatoms. The highest BCUT2D eigenvalue weighted by Gasteiger charge is 2.15. The van der Waals surface area contributed by atoms with Gasteiger partial charge < -0.3 is 24.8 Å². The van der Waals surface area contributed by atoms with Crippen LogP contribution in [0.25, 0.3) is 0 Å². The second-order valence-electron chi connectivity index (χ2n) is 6.56. The predicted octanol–water partition coefficient (Wildman–Crippen LogP) is 3.75. The van der Waals surface area contributed by atoms with Gasteiger partial charge in [0.25, 0.3) is 11.8 Å². The zero-order valence-electron chi connectivity index (χ0n) is 17.6. The fourth-order valence-corrected chi connectivity index (χ4v) is 2.87. The highest BCUT2D eigenvalue weighted by atomic mass is 16.5. The van der Waals surface area contributed by atoms with Crippen molar-refractivity contribution in [2.75, 3.05) is 31.5 Å². The smallest absolute Gasteiger partial charge is 0.342 e. The summed E-state index contributed by atoms with van der Waals surface area (Å²) in [6.45, 7) is -0.465. The monoisotopic (exact) mass is 434 g/mol. The first kappa shape index (κ1) is 22.4. The minimum absolute atomic E-state index is 0.230. The van der Waals surface area contributed by atoms with Gasteiger partial charge in [0.05, 0.1) is 19.9 Å². The van der Waals surface area contributed by atoms with Gasteiger partial charge in [-0.25, -0.2) is 4.79 Å². The Hall–Kier alpha value is -4.33. The molecule has 0 heterocycles. The lowest BCUT2D eigenvalue weighted by Crippen LogP contribution is -2.21. The lowest BCUT2D eigenvalue weighted by Gasteiger charge is -2.11. The van der Waals surface area contributed by atoms with Crippen LogP contribution < -0.4 is 20.1 Å². The van der Waals surface area contributed by atoms with Crippen LogP contribution in [0.1, 0.15) is 20.7 Å². The number of hydrogen-bond acceptors (Lipinski definition) is 6. The maximum absolute atomic E-state index is 12.5. The molecule has 8 nitrogen and oxygen atoms in total. The largest absolute Gasteiger partial charge is 0.496 e. The third kappa shape index (κ3) is 5.63. The zero-order chi connectivity index (χ0) is 22.9. The molecule has 0 aliphatic carbocycles. The molecule has 3 aromatic carbocycles. The van der Waals surface area contributed by atoms with E-state index in [2.05, 4.69) is 10.6 Å². The highest BCUT2D eigenvalue weighted by Crippen LogP contribution is 2.24. The summed E-state index contributed by atoms with van der Waals surface area (Å²) in [6, 6.07) is 19.9. The van der Waals surface area contributed by atoms with Gasteiger partial charge >= 0.3 is 5.97 Å². The first-order valence-electron chi connectivity index (χ1n) is 9.66. The molecule has 0 atom stereocenters. The molecule has 0 aliphatic heterocycles. The van der Waals surface area contributed by atoms with E-state index >= 15 is 0 Å². The van der Waals surface area contributed by atoms with Crippen molar-refractivity contribution in [1.29, 1.82) is 0 Å². The van der Waals surface area contributed by atoms with Crippen molar-refractivity contribution >= 4 is 29.2 Å². The van der Waals surface area contributed by atoms with Crippen LogP contribution in [0.4, 0.5) is 11.4 Å². The van der Waals surface area contributed by atoms with E-state index in [4.69, 9.17) is 14.2 Å². The Labute approximate surface area is 185 Å². The number of para-hydroxylation sites is 3. The summed E-state index contributed by atoms with van der Waals surface area (Å²) in [5.41, 5.74) is 1.64. The molecule has 0 aliphatic rings. The predicted molar refractivity (Wildman–Crippen MR) is 119 cm³/mol. The molecule has 0 spiro atoms. The Morgan fingerprint density at radius 1 is 0.750 bits per heavy atom. The quantitative estimate of drug-likeness (QED) is 0.524. The summed E-state index contributed by atoms with van der Waals surface area (Å²) in [4.78, 5) is 36.7. The number of methoxy groups -OCH3 is 2. The van der Waals surface area contributed by atoms with Crippen LogP contribution in [-0.2, 0) is 9.53 Å². The number of benzene rings is 3. The van der Waals surface area contributed by atoms with E-state index in [9.17, 15) is 14.4 Å². The van der Waals surface area contributed by atoms with Crippen LogP contribution in [0.5, 0.6) is 11.5 Å². The summed E-state index contributed by atoms with van der Waals surface area (Å²) in [7, 11) is 2.97. The van der Waals surface area contributed by atoms with Gasteiger partial charge in [-0.3, -0.25) is 9.59 Å². The first-order valence-corrected chi connectivity index (χ1v) is 9.66. The third-order valence-corrected chi connectivity index (χ3v) is 4.45. The lowest BCUT2D eigenvalue weighted by molar-refractivity contribution is -0.119. The van der Waals surface area contributed by atoms with Crippen molar-refractivity contribution in [2.45, 2.75) is 0 Å². The van der Waals surface area contributed by atoms with Gasteiger partial charge in [0, 0.05) is 11.3 Å². The minimum atomic E-state index is -0.666. The van der Waals surface area contributed by atoms with Gasteiger partial charge in [-0.1, -0.05) is 24.3 Å². The number of nitrogens with one attached hydrogen (secondary N) is 2. The molecule has 0 saturated carbocycles. The van der Waals surface area contributed by atoms with Crippen LogP contribution in [-0.4, -0.2) is 38.6 Å². The SMILES string of the molecule is COc1ccccc1NC(=O)c1ccc(NC(=O)COC(=O)c2ccccc2OC)cc1. The number of anilines is 2. The summed E-state index contributed by atoms with van der Waals surface area (Å²) < 4.78 is 15.4. The van der Waals surface area contributed by atoms with Crippen LogP contribution in [0, 0.1) is 0 Å². The summed E-state index contributed by atoms with van der Waals surface area (Å²) in [6.07, 6.45) is 0. The van der Waals surface area contributed by atoms with Crippen LogP contribution >= 0.6 is 0 Å². The van der Waals surface area contributed by atoms with Crippen LogP contribution in [0.15, 0.2) is 72.8 Å². The summed E-state index contributed by atoms with van der Waals surface area (Å²) in [5.74, 6) is -0.592. The average molecular weight is 434 g/mol. The number of amides is 2. The molecule has 0 radical (unpaired) electrons. The van der Waals surface area contributed by atoms with Crippen molar-refractivity contribution < 1.29 is 28.6 Å². The Morgan fingerprint density at radius 2 is 1.38 bits per heavy atom. The van der Waals surface area contributed by atoms with Crippen molar-refractivity contribution in [3.8, 4) is 11.5 Å². The number of ether oxygens (including phenoxy) is 3. The molecule has 32 heavy (non-hydrogen) atoms. The number of rotatable bonds is 8. The van der Waals surface area contributed by atoms with E-state index in [1.54, 1.807) is 72.8 Å². The molecule has 0 unspecified atom stereocenters. The second-order valence-corrected chi connectivity index (χ2v) is 6.56. The topological polar surface area (TPSA) is 103 Å². The van der Waals surface area contributed by atoms with E-state index < -0.39 is 18.5 Å². The molecule has 164 valence electrons. The molecule has 2 amide bonds. The molecule has 2 N–H and O–H groups in total. The van der Waals surface area contributed by atoms with Crippen molar-refractivity contribution in [3.63, 3.8) is 0 Å². The van der Waals surface area contributed by atoms with Crippen molar-refractivity contribution in [2.24, 2.45) is 0 Å². The van der Waals surface area contributed by atoms with Crippen molar-refractivity contribution in [1.82, 2.24) is 0 Å². The third-order valence-electron chi connectivity index (χ3n) is 4.45. The molecular weight excluding hydrogens is 412 g/mol. The molecule has 3 rings (SSSR count).